The first-order valence-electron chi connectivity index (χ1n) is 5.68. The number of benzene rings is 1. The molecule has 0 aliphatic rings. The minimum atomic E-state index is 0.376. The number of halogens is 3. The van der Waals surface area contributed by atoms with Crippen molar-refractivity contribution in [2.45, 2.75) is 5.88 Å². The van der Waals surface area contributed by atoms with Crippen molar-refractivity contribution in [1.29, 1.82) is 0 Å². The Morgan fingerprint density at radius 1 is 1.05 bits per heavy atom. The van der Waals surface area contributed by atoms with Crippen LogP contribution in [0.4, 0.5) is 0 Å². The van der Waals surface area contributed by atoms with Gasteiger partial charge in [0.25, 0.3) is 0 Å². The van der Waals surface area contributed by atoms with Crippen molar-refractivity contribution in [2.75, 3.05) is 0 Å². The second-order valence-corrected chi connectivity index (χ2v) is 5.18. The highest BCUT2D eigenvalue weighted by Crippen LogP contribution is 2.31. The van der Waals surface area contributed by atoms with E-state index in [9.17, 15) is 0 Å². The first-order valence-corrected chi connectivity index (χ1v) is 6.97. The molecule has 0 radical (unpaired) electrons. The van der Waals surface area contributed by atoms with Crippen LogP contribution in [0.1, 0.15) is 5.69 Å². The molecule has 0 aliphatic heterocycles. The molecule has 96 valence electrons. The van der Waals surface area contributed by atoms with Gasteiger partial charge in [-0.3, -0.25) is 0 Å². The number of aromatic nitrogens is 2. The summed E-state index contributed by atoms with van der Waals surface area (Å²) in [6, 6.07) is 11.3. The molecule has 2 nitrogen and oxygen atoms in total. The summed E-state index contributed by atoms with van der Waals surface area (Å²) in [5.41, 5.74) is 3.54. The molecule has 19 heavy (non-hydrogen) atoms. The van der Waals surface area contributed by atoms with E-state index in [0.29, 0.717) is 15.9 Å². The molecule has 3 rings (SSSR count). The number of hydrogen-bond acceptors (Lipinski definition) is 1. The summed E-state index contributed by atoms with van der Waals surface area (Å²) in [5.74, 6) is 0.376. The number of nitrogens with zero attached hydrogens (tertiary/aromatic N) is 2. The third-order valence-electron chi connectivity index (χ3n) is 2.95. The van der Waals surface area contributed by atoms with Crippen LogP contribution in [0.3, 0.4) is 0 Å². The van der Waals surface area contributed by atoms with E-state index in [0.717, 1.165) is 22.6 Å². The Morgan fingerprint density at radius 2 is 1.89 bits per heavy atom. The van der Waals surface area contributed by atoms with Crippen molar-refractivity contribution in [3.63, 3.8) is 0 Å². The predicted molar refractivity (Wildman–Crippen MR) is 80.2 cm³/mol. The fourth-order valence-corrected chi connectivity index (χ4v) is 2.60. The van der Waals surface area contributed by atoms with Gasteiger partial charge in [-0.25, -0.2) is 4.98 Å². The van der Waals surface area contributed by atoms with Gasteiger partial charge in [-0.1, -0.05) is 35.3 Å². The summed E-state index contributed by atoms with van der Waals surface area (Å²) >= 11 is 18.0. The summed E-state index contributed by atoms with van der Waals surface area (Å²) in [5, 5.41) is 1.04. The maximum Gasteiger partial charge on any atom is 0.137 e. The number of pyridine rings is 1. The molecule has 0 fully saturated rings. The molecule has 3 aromatic rings. The fraction of sp³-hybridized carbons (Fsp3) is 0.0714. The van der Waals surface area contributed by atoms with Crippen molar-refractivity contribution in [2.24, 2.45) is 0 Å². The predicted octanol–water partition coefficient (Wildman–Crippen LogP) is 5.05. The Labute approximate surface area is 125 Å². The van der Waals surface area contributed by atoms with Gasteiger partial charge in [0.15, 0.2) is 0 Å². The van der Waals surface area contributed by atoms with Gasteiger partial charge < -0.3 is 4.40 Å². The van der Waals surface area contributed by atoms with E-state index in [4.69, 9.17) is 34.8 Å². The summed E-state index contributed by atoms with van der Waals surface area (Å²) in [4.78, 5) is 4.60. The van der Waals surface area contributed by atoms with E-state index in [2.05, 4.69) is 4.98 Å². The van der Waals surface area contributed by atoms with Crippen LogP contribution in [-0.4, -0.2) is 9.38 Å². The maximum absolute atomic E-state index is 6.06. The van der Waals surface area contributed by atoms with E-state index < -0.39 is 0 Å². The molecule has 2 aromatic heterocycles. The molecule has 0 aliphatic carbocycles. The third-order valence-corrected chi connectivity index (χ3v) is 3.94. The molecule has 0 saturated carbocycles. The second-order valence-electron chi connectivity index (χ2n) is 4.10. The molecular weight excluding hydrogens is 303 g/mol. The van der Waals surface area contributed by atoms with E-state index in [1.54, 1.807) is 6.07 Å². The first kappa shape index (κ1) is 12.8. The zero-order valence-electron chi connectivity index (χ0n) is 9.78. The summed E-state index contributed by atoms with van der Waals surface area (Å²) in [7, 11) is 0. The highest BCUT2D eigenvalue weighted by atomic mass is 35.5. The van der Waals surface area contributed by atoms with Crippen LogP contribution in [0.5, 0.6) is 0 Å². The van der Waals surface area contributed by atoms with Crippen molar-refractivity contribution >= 4 is 40.4 Å². The van der Waals surface area contributed by atoms with E-state index in [1.807, 2.05) is 40.9 Å². The molecular formula is C14H9Cl3N2. The summed E-state index contributed by atoms with van der Waals surface area (Å²) in [6.45, 7) is 0. The van der Waals surface area contributed by atoms with E-state index in [1.165, 1.54) is 0 Å². The van der Waals surface area contributed by atoms with Gasteiger partial charge in [0.05, 0.1) is 27.3 Å². The van der Waals surface area contributed by atoms with Crippen LogP contribution in [0.25, 0.3) is 16.9 Å². The molecule has 0 N–H and O–H groups in total. The molecule has 1 aromatic carbocycles. The Hall–Kier alpha value is -1.22. The fourth-order valence-electron chi connectivity index (χ4n) is 2.05. The third kappa shape index (κ3) is 2.20. The molecule has 0 saturated heterocycles. The molecule has 2 heterocycles. The minimum absolute atomic E-state index is 0.376. The van der Waals surface area contributed by atoms with Gasteiger partial charge in [0.2, 0.25) is 0 Å². The standard InChI is InChI=1S/C14H9Cl3N2/c15-8-12-14(9-4-5-10(16)11(17)7-9)18-13-3-1-2-6-19(12)13/h1-7H,8H2. The van der Waals surface area contributed by atoms with E-state index >= 15 is 0 Å². The quantitative estimate of drug-likeness (QED) is 0.606. The maximum atomic E-state index is 6.06. The summed E-state index contributed by atoms with van der Waals surface area (Å²) in [6.07, 6.45) is 1.95. The first-order chi connectivity index (χ1) is 9.20. The highest BCUT2D eigenvalue weighted by Gasteiger charge is 2.13. The van der Waals surface area contributed by atoms with Crippen LogP contribution >= 0.6 is 34.8 Å². The number of imidazole rings is 1. The number of rotatable bonds is 2. The number of hydrogen-bond donors (Lipinski definition) is 0. The van der Waals surface area contributed by atoms with Crippen LogP contribution in [0.2, 0.25) is 10.0 Å². The SMILES string of the molecule is ClCc1c(-c2ccc(Cl)c(Cl)c2)nc2ccccn12. The van der Waals surface area contributed by atoms with Gasteiger partial charge in [0, 0.05) is 11.8 Å². The zero-order valence-corrected chi connectivity index (χ0v) is 12.0. The second kappa shape index (κ2) is 5.04. The van der Waals surface area contributed by atoms with Crippen molar-refractivity contribution < 1.29 is 0 Å². The summed E-state index contributed by atoms with van der Waals surface area (Å²) < 4.78 is 1.98. The molecule has 0 spiro atoms. The number of alkyl halides is 1. The normalized spacial score (nSPS) is 11.1. The lowest BCUT2D eigenvalue weighted by Crippen LogP contribution is -1.90. The molecule has 0 amide bonds. The van der Waals surface area contributed by atoms with Gasteiger partial charge in [0.1, 0.15) is 5.65 Å². The lowest BCUT2D eigenvalue weighted by Gasteiger charge is -2.03. The van der Waals surface area contributed by atoms with Crippen LogP contribution in [0.15, 0.2) is 42.6 Å². The lowest BCUT2D eigenvalue weighted by molar-refractivity contribution is 1.09. The van der Waals surface area contributed by atoms with Crippen LogP contribution in [-0.2, 0) is 5.88 Å². The Morgan fingerprint density at radius 3 is 2.63 bits per heavy atom. The Kier molecular flexibility index (Phi) is 3.40. The zero-order chi connectivity index (χ0) is 13.4. The van der Waals surface area contributed by atoms with E-state index in [-0.39, 0.29) is 0 Å². The van der Waals surface area contributed by atoms with Crippen LogP contribution < -0.4 is 0 Å². The minimum Gasteiger partial charge on any atom is -0.302 e. The lowest BCUT2D eigenvalue weighted by atomic mass is 10.1. The molecule has 0 unspecified atom stereocenters. The highest BCUT2D eigenvalue weighted by molar-refractivity contribution is 6.42. The van der Waals surface area contributed by atoms with Crippen LogP contribution in [0, 0.1) is 0 Å². The average molecular weight is 312 g/mol. The Bertz CT molecular complexity index is 750. The topological polar surface area (TPSA) is 17.3 Å². The molecule has 5 heteroatoms. The largest absolute Gasteiger partial charge is 0.302 e. The molecule has 0 atom stereocenters. The van der Waals surface area contributed by atoms with Crippen molar-refractivity contribution in [3.8, 4) is 11.3 Å². The van der Waals surface area contributed by atoms with Gasteiger partial charge >= 0.3 is 0 Å². The molecule has 0 bridgehead atoms. The van der Waals surface area contributed by atoms with Crippen molar-refractivity contribution in [3.05, 3.63) is 58.3 Å². The number of fused-ring (bicyclic) bond motifs is 1. The van der Waals surface area contributed by atoms with Gasteiger partial charge in [-0.2, -0.15) is 0 Å². The monoisotopic (exact) mass is 310 g/mol. The van der Waals surface area contributed by atoms with Gasteiger partial charge in [-0.15, -0.1) is 11.6 Å². The van der Waals surface area contributed by atoms with Gasteiger partial charge in [-0.05, 0) is 24.3 Å². The Balaban J connectivity index is 2.26. The van der Waals surface area contributed by atoms with Crippen molar-refractivity contribution in [1.82, 2.24) is 9.38 Å². The smallest absolute Gasteiger partial charge is 0.137 e. The average Bonchev–Trinajstić information content (AvgIpc) is 2.80.